The Hall–Kier alpha value is -2.08. The van der Waals surface area contributed by atoms with Gasteiger partial charge in [-0.25, -0.2) is 9.37 Å². The number of hydrogen-bond donors (Lipinski definition) is 1. The van der Waals surface area contributed by atoms with Crippen molar-refractivity contribution < 1.29 is 13.7 Å². The van der Waals surface area contributed by atoms with Crippen LogP contribution >= 0.6 is 30.3 Å². The number of nitrogen functional groups attached to an aromatic ring is 1. The Balaban J connectivity index is 1.89. The van der Waals surface area contributed by atoms with E-state index in [1.54, 1.807) is 49.6 Å². The summed E-state index contributed by atoms with van der Waals surface area (Å²) in [6, 6.07) is 4.32. The zero-order valence-electron chi connectivity index (χ0n) is 16.1. The molecular weight excluding hydrogens is 437 g/mol. The van der Waals surface area contributed by atoms with Crippen molar-refractivity contribution in [3.8, 4) is 16.9 Å². The summed E-state index contributed by atoms with van der Waals surface area (Å²) in [4.78, 5) is 4.17. The van der Waals surface area contributed by atoms with E-state index < -0.39 is 19.1 Å². The van der Waals surface area contributed by atoms with Crippen molar-refractivity contribution in [2.24, 2.45) is 0 Å². The molecule has 29 heavy (non-hydrogen) atoms. The van der Waals surface area contributed by atoms with Gasteiger partial charge in [-0.15, -0.1) is 0 Å². The molecule has 0 aliphatic heterocycles. The van der Waals surface area contributed by atoms with Gasteiger partial charge in [-0.05, 0) is 38.5 Å². The second-order valence-electron chi connectivity index (χ2n) is 7.11. The number of hydrogen-bond acceptors (Lipinski definition) is 5. The number of pyridine rings is 1. The summed E-state index contributed by atoms with van der Waals surface area (Å²) in [7, 11) is -2.27. The molecule has 0 bridgehead atoms. The van der Waals surface area contributed by atoms with E-state index in [9.17, 15) is 8.96 Å². The van der Waals surface area contributed by atoms with Crippen LogP contribution in [0.1, 0.15) is 18.6 Å². The van der Waals surface area contributed by atoms with Crippen LogP contribution in [0.5, 0.6) is 5.75 Å². The number of aromatic nitrogens is 3. The van der Waals surface area contributed by atoms with E-state index in [0.717, 1.165) is 5.56 Å². The number of halogens is 3. The Labute approximate surface area is 178 Å². The molecule has 0 aliphatic carbocycles. The fraction of sp³-hybridized carbons (Fsp3) is 0.263. The Bertz CT molecular complexity index is 1100. The van der Waals surface area contributed by atoms with Gasteiger partial charge in [-0.1, -0.05) is 23.2 Å². The average Bonchev–Trinajstić information content (AvgIpc) is 3.07. The van der Waals surface area contributed by atoms with Gasteiger partial charge in [0.15, 0.2) is 11.6 Å². The first-order valence-corrected chi connectivity index (χ1v) is 12.2. The molecule has 1 atom stereocenters. The summed E-state index contributed by atoms with van der Waals surface area (Å²) in [5, 5.41) is 4.43. The molecule has 10 heteroatoms. The Morgan fingerprint density at radius 3 is 2.69 bits per heavy atom. The third kappa shape index (κ3) is 5.10. The van der Waals surface area contributed by atoms with E-state index >= 15 is 0 Å². The van der Waals surface area contributed by atoms with Crippen LogP contribution in [-0.4, -0.2) is 28.1 Å². The first kappa shape index (κ1) is 21.6. The topological polar surface area (TPSA) is 83.0 Å². The molecule has 0 fully saturated rings. The molecule has 1 aromatic carbocycles. The third-order valence-electron chi connectivity index (χ3n) is 4.12. The van der Waals surface area contributed by atoms with Crippen LogP contribution < -0.4 is 10.5 Å². The lowest BCUT2D eigenvalue weighted by molar-refractivity contribution is 0.227. The van der Waals surface area contributed by atoms with Crippen molar-refractivity contribution in [1.29, 1.82) is 0 Å². The summed E-state index contributed by atoms with van der Waals surface area (Å²) in [6.45, 7) is 5.10. The maximum Gasteiger partial charge on any atom is 0.166 e. The molecular formula is C19H20Cl2FN4O2P. The largest absolute Gasteiger partial charge is 0.482 e. The minimum atomic E-state index is -2.27. The highest BCUT2D eigenvalue weighted by molar-refractivity contribution is 7.61. The highest BCUT2D eigenvalue weighted by atomic mass is 35.5. The van der Waals surface area contributed by atoms with E-state index in [1.807, 2.05) is 0 Å². The molecule has 2 N–H and O–H groups in total. The van der Waals surface area contributed by atoms with E-state index in [2.05, 4.69) is 10.1 Å². The summed E-state index contributed by atoms with van der Waals surface area (Å²) in [5.74, 6) is -0.114. The summed E-state index contributed by atoms with van der Waals surface area (Å²) in [6.07, 6.45) is 4.69. The minimum absolute atomic E-state index is 0.0995. The summed E-state index contributed by atoms with van der Waals surface area (Å²) >= 11 is 12.2. The molecule has 0 saturated carbocycles. The zero-order chi connectivity index (χ0) is 21.3. The first-order chi connectivity index (χ1) is 13.5. The fourth-order valence-corrected chi connectivity index (χ4v) is 4.34. The molecule has 1 unspecified atom stereocenters. The average molecular weight is 457 g/mol. The van der Waals surface area contributed by atoms with Gasteiger partial charge in [0.2, 0.25) is 0 Å². The number of benzene rings is 1. The first-order valence-electron chi connectivity index (χ1n) is 8.67. The lowest BCUT2D eigenvalue weighted by atomic mass is 10.1. The van der Waals surface area contributed by atoms with Gasteiger partial charge >= 0.3 is 0 Å². The van der Waals surface area contributed by atoms with Crippen molar-refractivity contribution in [1.82, 2.24) is 14.8 Å². The van der Waals surface area contributed by atoms with Crippen LogP contribution in [0.4, 0.5) is 10.2 Å². The molecule has 0 saturated heterocycles. The third-order valence-corrected chi connectivity index (χ3v) is 5.81. The number of ether oxygens (including phenoxy) is 1. The molecule has 2 aromatic heterocycles. The number of rotatable bonds is 6. The molecule has 0 amide bonds. The lowest BCUT2D eigenvalue weighted by Crippen LogP contribution is -2.08. The second kappa shape index (κ2) is 8.34. The van der Waals surface area contributed by atoms with Crippen LogP contribution in [0, 0.1) is 5.82 Å². The number of nitrogens with zero attached hydrogens (tertiary/aromatic N) is 3. The van der Waals surface area contributed by atoms with E-state index in [1.165, 1.54) is 12.1 Å². The van der Waals surface area contributed by atoms with E-state index in [0.29, 0.717) is 23.2 Å². The maximum absolute atomic E-state index is 13.8. The Kier molecular flexibility index (Phi) is 6.22. The van der Waals surface area contributed by atoms with Crippen LogP contribution in [0.15, 0.2) is 36.8 Å². The van der Waals surface area contributed by atoms with Crippen molar-refractivity contribution in [2.75, 3.05) is 19.1 Å². The van der Waals surface area contributed by atoms with Crippen LogP contribution in [0.3, 0.4) is 0 Å². The van der Waals surface area contributed by atoms with Crippen molar-refractivity contribution >= 4 is 36.2 Å². The van der Waals surface area contributed by atoms with Crippen molar-refractivity contribution in [3.63, 3.8) is 0 Å². The molecule has 0 spiro atoms. The quantitative estimate of drug-likeness (QED) is 0.380. The maximum atomic E-state index is 13.8. The van der Waals surface area contributed by atoms with E-state index in [4.69, 9.17) is 33.7 Å². The summed E-state index contributed by atoms with van der Waals surface area (Å²) < 4.78 is 33.4. The molecule has 2 heterocycles. The predicted octanol–water partition coefficient (Wildman–Crippen LogP) is 5.69. The SMILES string of the molecule is CC(Oc1cc(-c2cnn(CP(C)(C)=O)c2)cnc1N)c1c(Cl)ccc(F)c1Cl. The molecule has 3 aromatic rings. The number of nitrogens with two attached hydrogens (primary N) is 1. The Morgan fingerprint density at radius 1 is 1.28 bits per heavy atom. The zero-order valence-corrected chi connectivity index (χ0v) is 18.5. The van der Waals surface area contributed by atoms with Gasteiger partial charge in [0.1, 0.15) is 19.1 Å². The number of anilines is 1. The lowest BCUT2D eigenvalue weighted by Gasteiger charge is -2.19. The standard InChI is InChI=1S/C19H20Cl2FN4O2P/c1-11(17-14(20)4-5-15(22)18(17)21)28-16-6-12(7-24-19(16)23)13-8-25-26(9-13)10-29(2,3)27/h4-9,11H,10H2,1-3H3,(H2,23,24). The van der Waals surface area contributed by atoms with Gasteiger partial charge in [0.25, 0.3) is 0 Å². The molecule has 3 rings (SSSR count). The van der Waals surface area contributed by atoms with Gasteiger partial charge in [-0.3, -0.25) is 4.68 Å². The van der Waals surface area contributed by atoms with Crippen molar-refractivity contribution in [2.45, 2.75) is 19.3 Å². The fourth-order valence-electron chi connectivity index (χ4n) is 2.81. The van der Waals surface area contributed by atoms with Gasteiger partial charge < -0.3 is 15.0 Å². The molecule has 0 radical (unpaired) electrons. The highest BCUT2D eigenvalue weighted by Gasteiger charge is 2.20. The van der Waals surface area contributed by atoms with Gasteiger partial charge in [0, 0.05) is 34.1 Å². The van der Waals surface area contributed by atoms with Gasteiger partial charge in [0.05, 0.1) is 17.5 Å². The minimum Gasteiger partial charge on any atom is -0.482 e. The molecule has 0 aliphatic rings. The normalized spacial score (nSPS) is 12.8. The smallest absolute Gasteiger partial charge is 0.166 e. The monoisotopic (exact) mass is 456 g/mol. The Morgan fingerprint density at radius 2 is 2.00 bits per heavy atom. The molecule has 154 valence electrons. The molecule has 6 nitrogen and oxygen atoms in total. The van der Waals surface area contributed by atoms with Crippen molar-refractivity contribution in [3.05, 3.63) is 58.2 Å². The highest BCUT2D eigenvalue weighted by Crippen LogP contribution is 2.39. The van der Waals surface area contributed by atoms with Gasteiger partial charge in [-0.2, -0.15) is 5.10 Å². The van der Waals surface area contributed by atoms with Crippen LogP contribution in [0.25, 0.3) is 11.1 Å². The van der Waals surface area contributed by atoms with E-state index in [-0.39, 0.29) is 15.9 Å². The van der Waals surface area contributed by atoms with Crippen LogP contribution in [-0.2, 0) is 10.9 Å². The predicted molar refractivity (Wildman–Crippen MR) is 115 cm³/mol. The second-order valence-corrected chi connectivity index (χ2v) is 11.3. The summed E-state index contributed by atoms with van der Waals surface area (Å²) in [5.41, 5.74) is 7.76. The van der Waals surface area contributed by atoms with Crippen LogP contribution in [0.2, 0.25) is 10.0 Å².